The fourth-order valence-corrected chi connectivity index (χ4v) is 5.83. The maximum atomic E-state index is 10.8. The van der Waals surface area contributed by atoms with E-state index in [0.29, 0.717) is 6.61 Å². The predicted octanol–water partition coefficient (Wildman–Crippen LogP) is -1.56. The van der Waals surface area contributed by atoms with Crippen LogP contribution in [-0.4, -0.2) is 105 Å². The zero-order chi connectivity index (χ0) is 22.3. The van der Waals surface area contributed by atoms with E-state index in [4.69, 9.17) is 32.5 Å². The molecule has 3 fully saturated rings. The van der Waals surface area contributed by atoms with Crippen LogP contribution in [0.2, 0.25) is 0 Å². The van der Waals surface area contributed by atoms with Gasteiger partial charge in [-0.2, -0.15) is 0 Å². The van der Waals surface area contributed by atoms with Crippen molar-refractivity contribution in [2.45, 2.75) is 82.4 Å². The Hall–Kier alpha value is 0.160. The van der Waals surface area contributed by atoms with Crippen LogP contribution < -0.4 is 0 Å². The van der Waals surface area contributed by atoms with Crippen LogP contribution in [0.25, 0.3) is 0 Å². The van der Waals surface area contributed by atoms with Gasteiger partial charge in [-0.1, -0.05) is 0 Å². The summed E-state index contributed by atoms with van der Waals surface area (Å²) in [4.78, 5) is 21.7. The Balaban J connectivity index is 1.63. The number of aliphatic hydroxyl groups excluding tert-OH is 1. The van der Waals surface area contributed by atoms with E-state index in [-0.39, 0.29) is 25.2 Å². The predicted molar refractivity (Wildman–Crippen MR) is 113 cm³/mol. The number of fused-ring (bicyclic) bond motifs is 1. The Morgan fingerprint density at radius 1 is 0.933 bits per heavy atom. The molecule has 0 bridgehead atoms. The molecule has 3 heterocycles. The second kappa shape index (κ2) is 9.19. The minimum atomic E-state index is -5.35. The molecule has 0 aromatic heterocycles. The van der Waals surface area contributed by atoms with E-state index in [2.05, 4.69) is 0 Å². The van der Waals surface area contributed by atoms with Gasteiger partial charge in [0.25, 0.3) is 0 Å². The van der Waals surface area contributed by atoms with Crippen molar-refractivity contribution in [3.05, 3.63) is 0 Å². The fraction of sp³-hybridized carbons (Fsp3) is 1.00. The molecule has 0 radical (unpaired) electrons. The number of hydrogen-bond acceptors (Lipinski definition) is 10. The van der Waals surface area contributed by atoms with E-state index in [1.807, 2.05) is 27.7 Å². The van der Waals surface area contributed by atoms with Crippen LogP contribution in [0, 0.1) is 5.92 Å². The van der Waals surface area contributed by atoms with Crippen LogP contribution in [0.4, 0.5) is 0 Å². The molecule has 174 valence electrons. The van der Waals surface area contributed by atoms with Crippen LogP contribution in [0.1, 0.15) is 27.7 Å². The van der Waals surface area contributed by atoms with E-state index < -0.39 is 56.4 Å². The van der Waals surface area contributed by atoms with E-state index in [9.17, 15) is 14.9 Å². The summed E-state index contributed by atoms with van der Waals surface area (Å²) >= 11 is 0. The summed E-state index contributed by atoms with van der Waals surface area (Å²) < 4.78 is 39.4. The SMILES string of the molecule is B[C@@H]1O[C@H](COP2(O)(O)OC3[C@H](B)O[C@H](COC(C)C)[C@@H]3O2)[C@H](OCC(C)C)C1O. The van der Waals surface area contributed by atoms with Gasteiger partial charge in [-0.3, -0.25) is 0 Å². The number of rotatable bonds is 9. The molecule has 3 saturated heterocycles. The molecular weight excluding hydrogens is 417 g/mol. The van der Waals surface area contributed by atoms with Crippen LogP contribution in [0.15, 0.2) is 0 Å². The van der Waals surface area contributed by atoms with Crippen LogP contribution in [0.5, 0.6) is 0 Å². The van der Waals surface area contributed by atoms with Gasteiger partial charge >= 0.3 is 179 Å². The average molecular weight is 452 g/mol. The Bertz CT molecular complexity index is 597. The van der Waals surface area contributed by atoms with E-state index >= 15 is 0 Å². The molecular formula is C17H35B2O10P. The third kappa shape index (κ3) is 5.55. The first-order valence-corrected chi connectivity index (χ1v) is 12.5. The van der Waals surface area contributed by atoms with Crippen molar-refractivity contribution in [3.8, 4) is 0 Å². The topological polar surface area (TPSA) is 125 Å². The molecule has 30 heavy (non-hydrogen) atoms. The molecule has 3 aliphatic rings. The fourth-order valence-electron chi connectivity index (χ4n) is 3.87. The molecule has 0 amide bonds. The summed E-state index contributed by atoms with van der Waals surface area (Å²) in [5.74, 6) is 0.268. The summed E-state index contributed by atoms with van der Waals surface area (Å²) in [6.07, 6.45) is -4.14. The minimum absolute atomic E-state index is 0.00397. The van der Waals surface area contributed by atoms with Gasteiger partial charge in [0, 0.05) is 0 Å². The van der Waals surface area contributed by atoms with Gasteiger partial charge in [0.05, 0.1) is 0 Å². The molecule has 3 aliphatic heterocycles. The first-order valence-electron chi connectivity index (χ1n) is 10.6. The van der Waals surface area contributed by atoms with Crippen molar-refractivity contribution < 1.29 is 47.4 Å². The quantitative estimate of drug-likeness (QED) is 0.280. The molecule has 0 saturated carbocycles. The van der Waals surface area contributed by atoms with Gasteiger partial charge in [0.1, 0.15) is 0 Å². The Kier molecular flexibility index (Phi) is 7.60. The molecule has 0 aromatic rings. The summed E-state index contributed by atoms with van der Waals surface area (Å²) in [6, 6.07) is -0.897. The number of hydrogen-bond donors (Lipinski definition) is 3. The van der Waals surface area contributed by atoms with Gasteiger partial charge in [-0.25, -0.2) is 0 Å². The second-order valence-electron chi connectivity index (χ2n) is 9.06. The van der Waals surface area contributed by atoms with E-state index in [0.717, 1.165) is 0 Å². The molecule has 2 unspecified atom stereocenters. The van der Waals surface area contributed by atoms with Gasteiger partial charge < -0.3 is 0 Å². The second-order valence-corrected chi connectivity index (χ2v) is 11.3. The molecule has 10 nitrogen and oxygen atoms in total. The number of aliphatic hydroxyl groups is 1. The molecule has 13 heteroatoms. The van der Waals surface area contributed by atoms with Gasteiger partial charge in [-0.05, 0) is 0 Å². The normalized spacial score (nSPS) is 43.7. The molecule has 0 aromatic carbocycles. The van der Waals surface area contributed by atoms with Crippen LogP contribution in [0.3, 0.4) is 0 Å². The Morgan fingerprint density at radius 3 is 2.20 bits per heavy atom. The van der Waals surface area contributed by atoms with Crippen LogP contribution >= 0.6 is 7.74 Å². The van der Waals surface area contributed by atoms with Crippen molar-refractivity contribution in [2.24, 2.45) is 5.92 Å². The van der Waals surface area contributed by atoms with Crippen molar-refractivity contribution in [1.29, 1.82) is 0 Å². The molecule has 8 atom stereocenters. The standard InChI is InChI=1S/C17H35B2O10P/c1-8(2)5-24-13-11(26-16(18)12(13)20)7-25-30(21,22)28-14-10(6-23-9(3)4)27-17(19)15(14)29-30/h8-17,20-22H,5-7,18-19H2,1-4H3/t10-,11-,12?,13+,14+,15?,16-,17-/m1/s1. The van der Waals surface area contributed by atoms with E-state index in [1.54, 1.807) is 15.7 Å². The van der Waals surface area contributed by atoms with Crippen molar-refractivity contribution >= 4 is 23.4 Å². The zero-order valence-corrected chi connectivity index (χ0v) is 19.4. The first-order chi connectivity index (χ1) is 13.9. The molecule has 0 spiro atoms. The Morgan fingerprint density at radius 2 is 1.57 bits per heavy atom. The van der Waals surface area contributed by atoms with Crippen LogP contribution in [-0.2, 0) is 32.5 Å². The molecule has 3 rings (SSSR count). The van der Waals surface area contributed by atoms with E-state index in [1.165, 1.54) is 0 Å². The first kappa shape index (κ1) is 24.8. The maximum absolute atomic E-state index is 10.8. The third-order valence-electron chi connectivity index (χ3n) is 5.40. The van der Waals surface area contributed by atoms with Crippen molar-refractivity contribution in [1.82, 2.24) is 0 Å². The summed E-state index contributed by atoms with van der Waals surface area (Å²) in [7, 11) is -1.85. The molecule has 0 aliphatic carbocycles. The van der Waals surface area contributed by atoms with Gasteiger partial charge in [0.2, 0.25) is 0 Å². The van der Waals surface area contributed by atoms with Crippen molar-refractivity contribution in [2.75, 3.05) is 19.8 Å². The monoisotopic (exact) mass is 452 g/mol. The summed E-state index contributed by atoms with van der Waals surface area (Å²) in [5.41, 5.74) is 0. The zero-order valence-electron chi connectivity index (χ0n) is 18.5. The molecule has 3 N–H and O–H groups in total. The van der Waals surface area contributed by atoms with Gasteiger partial charge in [-0.15, -0.1) is 0 Å². The number of ether oxygens (including phenoxy) is 4. The van der Waals surface area contributed by atoms with Gasteiger partial charge in [0.15, 0.2) is 0 Å². The Labute approximate surface area is 179 Å². The summed E-state index contributed by atoms with van der Waals surface area (Å²) in [5, 5.41) is 10.4. The van der Waals surface area contributed by atoms with Crippen molar-refractivity contribution in [3.63, 3.8) is 0 Å². The third-order valence-corrected chi connectivity index (χ3v) is 7.19. The average Bonchev–Trinajstić information content (AvgIpc) is 3.19. The summed E-state index contributed by atoms with van der Waals surface area (Å²) in [6.45, 7) is 8.19.